The fourth-order valence-electron chi connectivity index (χ4n) is 3.42. The van der Waals surface area contributed by atoms with Gasteiger partial charge in [0.1, 0.15) is 11.8 Å². The zero-order valence-electron chi connectivity index (χ0n) is 13.9. The normalized spacial score (nSPS) is 24.2. The van der Waals surface area contributed by atoms with Gasteiger partial charge in [-0.2, -0.15) is 0 Å². The van der Waals surface area contributed by atoms with Crippen LogP contribution in [0.2, 0.25) is 0 Å². The molecule has 0 aliphatic carbocycles. The lowest BCUT2D eigenvalue weighted by Crippen LogP contribution is -3.12. The van der Waals surface area contributed by atoms with Crippen molar-refractivity contribution >= 4 is 17.8 Å². The number of amides is 4. The van der Waals surface area contributed by atoms with Crippen molar-refractivity contribution in [1.82, 2.24) is 9.80 Å². The number of likely N-dealkylation sites (tertiary alicyclic amines) is 1. The largest absolute Gasteiger partial charge is 0.494 e. The number of rotatable bonds is 5. The molecule has 2 atom stereocenters. The number of carbonyl (C=O) groups is 3. The van der Waals surface area contributed by atoms with Crippen LogP contribution in [0.5, 0.6) is 5.75 Å². The van der Waals surface area contributed by atoms with Gasteiger partial charge in [0.15, 0.2) is 6.67 Å². The van der Waals surface area contributed by atoms with Crippen molar-refractivity contribution in [2.75, 3.05) is 26.9 Å². The van der Waals surface area contributed by atoms with Crippen LogP contribution < -0.4 is 9.64 Å². The van der Waals surface area contributed by atoms with Crippen LogP contribution in [0, 0.1) is 0 Å². The van der Waals surface area contributed by atoms with E-state index in [9.17, 15) is 14.4 Å². The molecule has 2 aliphatic heterocycles. The van der Waals surface area contributed by atoms with Crippen molar-refractivity contribution in [3.63, 3.8) is 0 Å². The van der Waals surface area contributed by atoms with Crippen LogP contribution in [0.1, 0.15) is 31.4 Å². The number of benzene rings is 1. The monoisotopic (exact) mass is 332 g/mol. The summed E-state index contributed by atoms with van der Waals surface area (Å²) in [6.07, 6.45) is 2.01. The van der Waals surface area contributed by atoms with Crippen LogP contribution in [0.3, 0.4) is 0 Å². The van der Waals surface area contributed by atoms with Crippen LogP contribution in [0.4, 0.5) is 4.79 Å². The molecule has 1 N–H and O–H groups in total. The summed E-state index contributed by atoms with van der Waals surface area (Å²) in [5.74, 6) is -0.651. The van der Waals surface area contributed by atoms with Crippen molar-refractivity contribution in [1.29, 1.82) is 0 Å². The molecule has 2 fully saturated rings. The van der Waals surface area contributed by atoms with Gasteiger partial charge in [-0.05, 0) is 31.2 Å². The Balaban J connectivity index is 1.73. The summed E-state index contributed by atoms with van der Waals surface area (Å²) in [6, 6.07) is 7.63. The molecule has 24 heavy (non-hydrogen) atoms. The number of imide groups is 2. The van der Waals surface area contributed by atoms with Crippen molar-refractivity contribution in [2.45, 2.75) is 25.8 Å². The van der Waals surface area contributed by atoms with Crippen LogP contribution in [0.25, 0.3) is 0 Å². The molecule has 0 spiro atoms. The van der Waals surface area contributed by atoms with E-state index in [2.05, 4.69) is 0 Å². The summed E-state index contributed by atoms with van der Waals surface area (Å²) in [7, 11) is 1.34. The van der Waals surface area contributed by atoms with Gasteiger partial charge in [-0.25, -0.2) is 9.69 Å². The molecular weight excluding hydrogens is 310 g/mol. The van der Waals surface area contributed by atoms with Gasteiger partial charge in [0.25, 0.3) is 0 Å². The van der Waals surface area contributed by atoms with E-state index in [1.165, 1.54) is 7.05 Å². The molecule has 4 amide bonds. The SMILES string of the molecule is CCOc1ccc([C@@H]2CCC[NH+]2CN2C(=O)C(=O)N(C)C2=O)cc1. The first kappa shape index (κ1) is 16.4. The molecule has 0 bridgehead atoms. The second-order valence-corrected chi connectivity index (χ2v) is 6.14. The predicted octanol–water partition coefficient (Wildman–Crippen LogP) is 0.183. The lowest BCUT2D eigenvalue weighted by atomic mass is 10.0. The van der Waals surface area contributed by atoms with E-state index < -0.39 is 17.8 Å². The highest BCUT2D eigenvalue weighted by molar-refractivity contribution is 6.44. The number of nitrogens with one attached hydrogen (secondary N) is 1. The Morgan fingerprint density at radius 1 is 1.17 bits per heavy atom. The van der Waals surface area contributed by atoms with Gasteiger partial charge in [-0.15, -0.1) is 0 Å². The maximum atomic E-state index is 12.1. The number of hydrogen-bond donors (Lipinski definition) is 1. The lowest BCUT2D eigenvalue weighted by molar-refractivity contribution is -0.925. The van der Waals surface area contributed by atoms with Crippen molar-refractivity contribution in [3.05, 3.63) is 29.8 Å². The third-order valence-electron chi connectivity index (χ3n) is 4.69. The van der Waals surface area contributed by atoms with Crippen molar-refractivity contribution in [2.24, 2.45) is 0 Å². The minimum Gasteiger partial charge on any atom is -0.494 e. The second-order valence-electron chi connectivity index (χ2n) is 6.14. The van der Waals surface area contributed by atoms with E-state index in [4.69, 9.17) is 4.74 Å². The van der Waals surface area contributed by atoms with Crippen LogP contribution in [-0.2, 0) is 9.59 Å². The smallest absolute Gasteiger partial charge is 0.338 e. The third kappa shape index (κ3) is 2.87. The zero-order chi connectivity index (χ0) is 17.3. The number of carbonyl (C=O) groups excluding carboxylic acids is 3. The highest BCUT2D eigenvalue weighted by Gasteiger charge is 2.45. The van der Waals surface area contributed by atoms with Gasteiger partial charge >= 0.3 is 17.8 Å². The maximum Gasteiger partial charge on any atom is 0.338 e. The molecule has 0 saturated carbocycles. The zero-order valence-corrected chi connectivity index (χ0v) is 13.9. The van der Waals surface area contributed by atoms with E-state index in [1.807, 2.05) is 31.2 Å². The summed E-state index contributed by atoms with van der Waals surface area (Å²) < 4.78 is 5.46. The molecule has 7 heteroatoms. The predicted molar refractivity (Wildman–Crippen MR) is 85.3 cm³/mol. The van der Waals surface area contributed by atoms with Crippen LogP contribution in [-0.4, -0.2) is 54.5 Å². The Bertz CT molecular complexity index is 658. The van der Waals surface area contributed by atoms with Crippen LogP contribution in [0.15, 0.2) is 24.3 Å². The van der Waals surface area contributed by atoms with E-state index >= 15 is 0 Å². The highest BCUT2D eigenvalue weighted by Crippen LogP contribution is 2.22. The number of urea groups is 1. The summed E-state index contributed by atoms with van der Waals surface area (Å²) in [4.78, 5) is 38.7. The Morgan fingerprint density at radius 3 is 2.46 bits per heavy atom. The Labute approximate surface area is 140 Å². The minimum atomic E-state index is -0.754. The van der Waals surface area contributed by atoms with E-state index in [1.54, 1.807) is 0 Å². The standard InChI is InChI=1S/C17H21N3O4/c1-3-24-13-8-6-12(7-9-13)14-5-4-10-19(14)11-20-16(22)15(21)18(2)17(20)23/h6-9,14H,3-5,10-11H2,1-2H3/p+1/t14-/m0/s1. The quantitative estimate of drug-likeness (QED) is 0.617. The Kier molecular flexibility index (Phi) is 4.53. The molecule has 2 heterocycles. The highest BCUT2D eigenvalue weighted by atomic mass is 16.5. The molecule has 128 valence electrons. The minimum absolute atomic E-state index is 0.210. The maximum absolute atomic E-state index is 12.1. The summed E-state index contributed by atoms with van der Waals surface area (Å²) in [5.41, 5.74) is 1.16. The number of hydrogen-bond acceptors (Lipinski definition) is 4. The van der Waals surface area contributed by atoms with Crippen LogP contribution >= 0.6 is 0 Å². The fraction of sp³-hybridized carbons (Fsp3) is 0.471. The summed E-state index contributed by atoms with van der Waals surface area (Å²) >= 11 is 0. The van der Waals surface area contributed by atoms with Gasteiger partial charge in [-0.3, -0.25) is 14.5 Å². The molecule has 2 aliphatic rings. The van der Waals surface area contributed by atoms with Gasteiger partial charge < -0.3 is 9.64 Å². The lowest BCUT2D eigenvalue weighted by Gasteiger charge is -2.25. The van der Waals surface area contributed by atoms with Crippen molar-refractivity contribution < 1.29 is 24.0 Å². The molecule has 1 unspecified atom stereocenters. The fourth-order valence-corrected chi connectivity index (χ4v) is 3.42. The average molecular weight is 332 g/mol. The number of quaternary nitrogens is 1. The molecule has 7 nitrogen and oxygen atoms in total. The Hall–Kier alpha value is -2.41. The van der Waals surface area contributed by atoms with Gasteiger partial charge in [-0.1, -0.05) is 0 Å². The molecule has 2 saturated heterocycles. The molecule has 0 aromatic heterocycles. The van der Waals surface area contributed by atoms with E-state index in [0.29, 0.717) is 6.61 Å². The number of nitrogens with zero attached hydrogens (tertiary/aromatic N) is 2. The van der Waals surface area contributed by atoms with E-state index in [0.717, 1.165) is 45.4 Å². The second kappa shape index (κ2) is 6.60. The molecule has 1 aromatic rings. The molecule has 1 aromatic carbocycles. The van der Waals surface area contributed by atoms with Gasteiger partial charge in [0.05, 0.1) is 13.2 Å². The summed E-state index contributed by atoms with van der Waals surface area (Å²) in [6.45, 7) is 3.67. The number of ether oxygens (including phenoxy) is 1. The van der Waals surface area contributed by atoms with Gasteiger partial charge in [0.2, 0.25) is 0 Å². The number of likely N-dealkylation sites (N-methyl/N-ethyl adjacent to an activating group) is 1. The topological polar surface area (TPSA) is 71.4 Å². The van der Waals surface area contributed by atoms with Crippen molar-refractivity contribution in [3.8, 4) is 5.75 Å². The first-order chi connectivity index (χ1) is 11.5. The molecule has 0 radical (unpaired) electrons. The molecular formula is C17H22N3O4+. The first-order valence-corrected chi connectivity index (χ1v) is 8.23. The third-order valence-corrected chi connectivity index (χ3v) is 4.69. The molecule has 3 rings (SSSR count). The van der Waals surface area contributed by atoms with Gasteiger partial charge in [0, 0.05) is 25.5 Å². The Morgan fingerprint density at radius 2 is 1.88 bits per heavy atom. The first-order valence-electron chi connectivity index (χ1n) is 8.23. The summed E-state index contributed by atoms with van der Waals surface area (Å²) in [5, 5.41) is 0. The average Bonchev–Trinajstić information content (AvgIpc) is 3.12. The van der Waals surface area contributed by atoms with E-state index in [-0.39, 0.29) is 12.7 Å².